The molecule has 28 heavy (non-hydrogen) atoms. The number of carbonyl (C=O) groups is 1. The Bertz CT molecular complexity index is 897. The largest absolute Gasteiger partial charge is 0.478 e. The molecule has 1 aliphatic carbocycles. The smallest absolute Gasteiger partial charge is 0.328 e. The summed E-state index contributed by atoms with van der Waals surface area (Å²) in [4.78, 5) is 12.1. The molecule has 3 rings (SSSR count). The van der Waals surface area contributed by atoms with Gasteiger partial charge in [-0.2, -0.15) is 0 Å². The van der Waals surface area contributed by atoms with Crippen LogP contribution in [-0.2, 0) is 15.6 Å². The minimum absolute atomic E-state index is 0.205. The van der Waals surface area contributed by atoms with Gasteiger partial charge in [0.15, 0.2) is 0 Å². The lowest BCUT2D eigenvalue weighted by Gasteiger charge is -2.42. The van der Waals surface area contributed by atoms with Crippen molar-refractivity contribution in [3.05, 3.63) is 63.1 Å². The average Bonchev–Trinajstić information content (AvgIpc) is 3.04. The predicted molar refractivity (Wildman–Crippen MR) is 121 cm³/mol. The molecule has 150 valence electrons. The van der Waals surface area contributed by atoms with E-state index in [1.165, 1.54) is 51.6 Å². The predicted octanol–water partition coefficient (Wildman–Crippen LogP) is 6.78. The number of hydrogen-bond donors (Lipinski definition) is 1. The van der Waals surface area contributed by atoms with E-state index in [9.17, 15) is 4.79 Å². The Morgan fingerprint density at radius 1 is 1.11 bits per heavy atom. The zero-order valence-electron chi connectivity index (χ0n) is 18.0. The lowest BCUT2D eigenvalue weighted by Crippen LogP contribution is -2.34. The number of benzene rings is 1. The van der Waals surface area contributed by atoms with Crippen LogP contribution < -0.4 is 0 Å². The van der Waals surface area contributed by atoms with E-state index in [1.54, 1.807) is 0 Å². The van der Waals surface area contributed by atoms with Crippen molar-refractivity contribution in [3.63, 3.8) is 0 Å². The van der Waals surface area contributed by atoms with E-state index in [0.717, 1.165) is 17.7 Å². The molecule has 0 radical (unpaired) electrons. The average molecular weight is 397 g/mol. The Kier molecular flexibility index (Phi) is 5.69. The summed E-state index contributed by atoms with van der Waals surface area (Å²) < 4.78 is 0. The normalized spacial score (nSPS) is 21.3. The molecule has 0 saturated heterocycles. The molecule has 1 aliphatic heterocycles. The second kappa shape index (κ2) is 7.59. The van der Waals surface area contributed by atoms with Gasteiger partial charge in [0, 0.05) is 16.7 Å². The second-order valence-corrected chi connectivity index (χ2v) is 10.6. The number of carboxylic acids is 1. The summed E-state index contributed by atoms with van der Waals surface area (Å²) >= 11 is 1.87. The van der Waals surface area contributed by atoms with E-state index < -0.39 is 5.97 Å². The maximum Gasteiger partial charge on any atom is 0.328 e. The standard InChI is InChI=1S/C25H32O2S/c1-16(13-23(26)27)7-8-22-18(9-12-28-22)19-15-21-20(14-17(19)2)24(3,4)10-11-25(21,5)6/h7-8,13-15H,9-12H2,1-6H3,(H,26,27). The van der Waals surface area contributed by atoms with Crippen LogP contribution in [0.25, 0.3) is 5.57 Å². The number of rotatable bonds is 4. The van der Waals surface area contributed by atoms with Crippen molar-refractivity contribution in [1.82, 2.24) is 0 Å². The lowest BCUT2D eigenvalue weighted by atomic mass is 9.62. The van der Waals surface area contributed by atoms with Crippen molar-refractivity contribution >= 4 is 23.3 Å². The molecular formula is C25H32O2S. The number of aryl methyl sites for hydroxylation is 1. The van der Waals surface area contributed by atoms with Gasteiger partial charge in [-0.3, -0.25) is 0 Å². The van der Waals surface area contributed by atoms with Crippen LogP contribution in [0.4, 0.5) is 0 Å². The summed E-state index contributed by atoms with van der Waals surface area (Å²) in [5.41, 5.74) is 8.33. The van der Waals surface area contributed by atoms with E-state index in [0.29, 0.717) is 0 Å². The summed E-state index contributed by atoms with van der Waals surface area (Å²) in [6.45, 7) is 13.6. The van der Waals surface area contributed by atoms with Crippen LogP contribution >= 0.6 is 11.8 Å². The fourth-order valence-corrected chi connectivity index (χ4v) is 5.46. The van der Waals surface area contributed by atoms with Crippen LogP contribution in [0.3, 0.4) is 0 Å². The van der Waals surface area contributed by atoms with Crippen molar-refractivity contribution in [1.29, 1.82) is 0 Å². The van der Waals surface area contributed by atoms with Gasteiger partial charge in [-0.15, -0.1) is 11.8 Å². The molecule has 0 unspecified atom stereocenters. The van der Waals surface area contributed by atoms with E-state index in [-0.39, 0.29) is 10.8 Å². The van der Waals surface area contributed by atoms with Gasteiger partial charge in [0.2, 0.25) is 0 Å². The first-order valence-corrected chi connectivity index (χ1v) is 11.1. The zero-order chi connectivity index (χ0) is 20.7. The van der Waals surface area contributed by atoms with Crippen LogP contribution in [0.1, 0.15) is 76.1 Å². The highest BCUT2D eigenvalue weighted by molar-refractivity contribution is 8.03. The molecule has 1 heterocycles. The monoisotopic (exact) mass is 396 g/mol. The quantitative estimate of drug-likeness (QED) is 0.450. The van der Waals surface area contributed by atoms with E-state index >= 15 is 0 Å². The molecule has 1 aromatic carbocycles. The molecule has 1 aromatic rings. The van der Waals surface area contributed by atoms with Gasteiger partial charge in [-0.05, 0) is 83.4 Å². The van der Waals surface area contributed by atoms with Crippen LogP contribution in [0, 0.1) is 6.92 Å². The molecule has 2 aliphatic rings. The Balaban J connectivity index is 2.08. The molecule has 0 bridgehead atoms. The van der Waals surface area contributed by atoms with Crippen LogP contribution in [0.2, 0.25) is 0 Å². The van der Waals surface area contributed by atoms with Gasteiger partial charge in [0.1, 0.15) is 0 Å². The zero-order valence-corrected chi connectivity index (χ0v) is 18.8. The van der Waals surface area contributed by atoms with E-state index in [1.807, 2.05) is 24.8 Å². The molecule has 0 amide bonds. The van der Waals surface area contributed by atoms with Crippen LogP contribution in [0.5, 0.6) is 0 Å². The third-order valence-corrected chi connectivity index (χ3v) is 7.38. The molecule has 0 spiro atoms. The molecule has 3 heteroatoms. The Morgan fingerprint density at radius 3 is 2.32 bits per heavy atom. The van der Waals surface area contributed by atoms with Crippen molar-refractivity contribution in [3.8, 4) is 0 Å². The summed E-state index contributed by atoms with van der Waals surface area (Å²) in [5, 5.41) is 8.92. The SMILES string of the molecule is CC(C=CC1=C(c2cc3c(cc2C)C(C)(C)CCC3(C)C)CCS1)=CC(=O)O. The number of carboxylic acid groups (broad SMARTS) is 1. The topological polar surface area (TPSA) is 37.3 Å². The van der Waals surface area contributed by atoms with Gasteiger partial charge in [0.25, 0.3) is 0 Å². The minimum Gasteiger partial charge on any atom is -0.478 e. The molecule has 2 nitrogen and oxygen atoms in total. The van der Waals surface area contributed by atoms with E-state index in [4.69, 9.17) is 5.11 Å². The number of thioether (sulfide) groups is 1. The van der Waals surface area contributed by atoms with Crippen molar-refractivity contribution in [2.75, 3.05) is 5.75 Å². The highest BCUT2D eigenvalue weighted by atomic mass is 32.2. The third kappa shape index (κ3) is 4.15. The molecule has 0 fully saturated rings. The van der Waals surface area contributed by atoms with Crippen LogP contribution in [0.15, 0.2) is 40.8 Å². The van der Waals surface area contributed by atoms with Crippen molar-refractivity contribution < 1.29 is 9.90 Å². The summed E-state index contributed by atoms with van der Waals surface area (Å²) in [7, 11) is 0. The number of allylic oxidation sites excluding steroid dienone is 4. The second-order valence-electron chi connectivity index (χ2n) is 9.48. The first-order valence-electron chi connectivity index (χ1n) is 10.1. The lowest BCUT2D eigenvalue weighted by molar-refractivity contribution is -0.131. The highest BCUT2D eigenvalue weighted by Gasteiger charge is 2.37. The summed E-state index contributed by atoms with van der Waals surface area (Å²) in [6.07, 6.45) is 8.78. The van der Waals surface area contributed by atoms with Crippen molar-refractivity contribution in [2.24, 2.45) is 0 Å². The summed E-state index contributed by atoms with van der Waals surface area (Å²) in [5.74, 6) is 0.188. The van der Waals surface area contributed by atoms with Crippen LogP contribution in [-0.4, -0.2) is 16.8 Å². The number of hydrogen-bond acceptors (Lipinski definition) is 2. The first-order chi connectivity index (χ1) is 13.0. The molecule has 0 aromatic heterocycles. The maximum absolute atomic E-state index is 10.9. The van der Waals surface area contributed by atoms with Gasteiger partial charge in [-0.25, -0.2) is 4.79 Å². The number of fused-ring (bicyclic) bond motifs is 1. The highest BCUT2D eigenvalue weighted by Crippen LogP contribution is 2.48. The first kappa shape index (κ1) is 21.0. The third-order valence-electron chi connectivity index (χ3n) is 6.28. The molecular weight excluding hydrogens is 364 g/mol. The molecule has 0 saturated carbocycles. The fraction of sp³-hybridized carbons (Fsp3) is 0.480. The maximum atomic E-state index is 10.9. The van der Waals surface area contributed by atoms with E-state index in [2.05, 4.69) is 52.8 Å². The Hall–Kier alpha value is -1.74. The Labute approximate surface area is 173 Å². The number of aliphatic carboxylic acids is 1. The molecule has 1 N–H and O–H groups in total. The van der Waals surface area contributed by atoms with Crippen molar-refractivity contribution in [2.45, 2.75) is 71.6 Å². The molecule has 0 atom stereocenters. The van der Waals surface area contributed by atoms with Gasteiger partial charge in [0.05, 0.1) is 0 Å². The fourth-order valence-electron chi connectivity index (χ4n) is 4.39. The Morgan fingerprint density at radius 2 is 1.71 bits per heavy atom. The van der Waals surface area contributed by atoms with Gasteiger partial charge < -0.3 is 5.11 Å². The minimum atomic E-state index is -0.897. The van der Waals surface area contributed by atoms with Gasteiger partial charge >= 0.3 is 5.97 Å². The van der Waals surface area contributed by atoms with Gasteiger partial charge in [-0.1, -0.05) is 45.9 Å². The summed E-state index contributed by atoms with van der Waals surface area (Å²) in [6, 6.07) is 4.89.